The van der Waals surface area contributed by atoms with Crippen molar-refractivity contribution in [3.8, 4) is 40.3 Å². The Morgan fingerprint density at radius 1 is 0.345 bits per heavy atom. The predicted molar refractivity (Wildman–Crippen MR) is 224 cm³/mol. The fraction of sp³-hybridized carbons (Fsp3) is 0. The Morgan fingerprint density at radius 3 is 1.47 bits per heavy atom. The summed E-state index contributed by atoms with van der Waals surface area (Å²) in [4.78, 5) is 0. The van der Waals surface area contributed by atoms with Gasteiger partial charge in [-0.2, -0.15) is 10.5 Å². The summed E-state index contributed by atoms with van der Waals surface area (Å²) in [5.41, 5.74) is 12.9. The highest BCUT2D eigenvalue weighted by Crippen LogP contribution is 2.42. The summed E-state index contributed by atoms with van der Waals surface area (Å²) in [6.45, 7) is 0. The van der Waals surface area contributed by atoms with Crippen LogP contribution in [0.25, 0.3) is 93.6 Å². The molecule has 8 aromatic carbocycles. The van der Waals surface area contributed by atoms with Crippen LogP contribution < -0.4 is 0 Å². The second-order valence-electron chi connectivity index (χ2n) is 14.0. The van der Waals surface area contributed by atoms with E-state index in [2.05, 4.69) is 171 Å². The smallest absolute Gasteiger partial charge is 0.0992 e. The molecular weight excluding hydrogens is 671 g/mol. The molecule has 11 rings (SSSR count). The summed E-state index contributed by atoms with van der Waals surface area (Å²) in [6.07, 6.45) is 0. The molecule has 0 aliphatic heterocycles. The van der Waals surface area contributed by atoms with Crippen LogP contribution in [0, 0.1) is 22.7 Å². The van der Waals surface area contributed by atoms with Gasteiger partial charge < -0.3 is 13.7 Å². The average Bonchev–Trinajstić information content (AvgIpc) is 3.89. The highest BCUT2D eigenvalue weighted by Gasteiger charge is 2.21. The van der Waals surface area contributed by atoms with E-state index in [1.54, 1.807) is 0 Å². The zero-order valence-electron chi connectivity index (χ0n) is 29.5. The van der Waals surface area contributed by atoms with Crippen LogP contribution in [0.3, 0.4) is 0 Å². The Kier molecular flexibility index (Phi) is 6.61. The highest BCUT2D eigenvalue weighted by atomic mass is 15.0. The average molecular weight is 700 g/mol. The molecule has 0 aliphatic carbocycles. The van der Waals surface area contributed by atoms with E-state index in [0.717, 1.165) is 66.4 Å². The molecule has 0 spiro atoms. The van der Waals surface area contributed by atoms with Gasteiger partial charge in [0, 0.05) is 43.6 Å². The summed E-state index contributed by atoms with van der Waals surface area (Å²) in [5, 5.41) is 26.9. The number of nitriles is 2. The lowest BCUT2D eigenvalue weighted by Crippen LogP contribution is -1.99. The van der Waals surface area contributed by atoms with Crippen molar-refractivity contribution in [1.82, 2.24) is 13.7 Å². The number of aromatic nitrogens is 3. The molecule has 0 saturated heterocycles. The first kappa shape index (κ1) is 30.7. The first-order chi connectivity index (χ1) is 27.2. The fourth-order valence-corrected chi connectivity index (χ4v) is 8.77. The monoisotopic (exact) mass is 699 g/mol. The molecule has 3 heterocycles. The van der Waals surface area contributed by atoms with Crippen LogP contribution in [-0.2, 0) is 0 Å². The Bertz CT molecular complexity index is 3400. The molecule has 11 aromatic rings. The van der Waals surface area contributed by atoms with Gasteiger partial charge in [-0.1, -0.05) is 97.1 Å². The number of hydrogen-bond acceptors (Lipinski definition) is 2. The summed E-state index contributed by atoms with van der Waals surface area (Å²) in [6, 6.07) is 65.9. The van der Waals surface area contributed by atoms with Gasteiger partial charge >= 0.3 is 0 Å². The normalized spacial score (nSPS) is 11.6. The zero-order chi connectivity index (χ0) is 36.6. The highest BCUT2D eigenvalue weighted by molar-refractivity contribution is 6.17. The summed E-state index contributed by atoms with van der Waals surface area (Å²) in [5.74, 6) is 0. The van der Waals surface area contributed by atoms with Gasteiger partial charge in [0.05, 0.1) is 67.7 Å². The second kappa shape index (κ2) is 11.8. The van der Waals surface area contributed by atoms with Crippen molar-refractivity contribution in [2.24, 2.45) is 0 Å². The molecule has 0 fully saturated rings. The molecule has 0 unspecified atom stereocenters. The number of hydrogen-bond donors (Lipinski definition) is 0. The molecule has 5 nitrogen and oxygen atoms in total. The Hall–Kier alpha value is -7.86. The third-order valence-corrected chi connectivity index (χ3v) is 11.1. The molecule has 0 aliphatic rings. The number of fused-ring (bicyclic) bond motifs is 9. The van der Waals surface area contributed by atoms with Gasteiger partial charge in [0.15, 0.2) is 0 Å². The molecule has 0 amide bonds. The molecule has 0 N–H and O–H groups in total. The standard InChI is InChI=1S/C50H29N5/c51-30-32-21-27-46(41(28-32)34-22-24-35(25-23-34)53-42-14-5-1-12-38(42)39-26-20-33(31-52)29-49(39)53)55-45-17-8-4-13-40(45)50-47(18-9-19-48(50)55)54-43-15-6-2-10-36(43)37-11-3-7-16-44(37)54/h1-29H. The van der Waals surface area contributed by atoms with Crippen molar-refractivity contribution in [3.63, 3.8) is 0 Å². The lowest BCUT2D eigenvalue weighted by atomic mass is 10.00. The van der Waals surface area contributed by atoms with Gasteiger partial charge in [0.25, 0.3) is 0 Å². The minimum absolute atomic E-state index is 0.598. The third kappa shape index (κ3) is 4.45. The van der Waals surface area contributed by atoms with Crippen LogP contribution in [0.15, 0.2) is 176 Å². The van der Waals surface area contributed by atoms with Gasteiger partial charge in [0.2, 0.25) is 0 Å². The number of para-hydroxylation sites is 4. The van der Waals surface area contributed by atoms with Crippen molar-refractivity contribution < 1.29 is 0 Å². The van der Waals surface area contributed by atoms with Crippen LogP contribution in [-0.4, -0.2) is 13.7 Å². The maximum absolute atomic E-state index is 10.1. The van der Waals surface area contributed by atoms with Crippen LogP contribution in [0.4, 0.5) is 0 Å². The fourth-order valence-electron chi connectivity index (χ4n) is 8.77. The zero-order valence-corrected chi connectivity index (χ0v) is 29.5. The molecule has 0 atom stereocenters. The van der Waals surface area contributed by atoms with E-state index < -0.39 is 0 Å². The lowest BCUT2D eigenvalue weighted by molar-refractivity contribution is 1.16. The van der Waals surface area contributed by atoms with Crippen molar-refractivity contribution in [2.45, 2.75) is 0 Å². The molecule has 3 aromatic heterocycles. The van der Waals surface area contributed by atoms with Crippen LogP contribution in [0.2, 0.25) is 0 Å². The Balaban J connectivity index is 1.14. The number of benzene rings is 8. The first-order valence-electron chi connectivity index (χ1n) is 18.3. The largest absolute Gasteiger partial charge is 0.309 e. The first-order valence-corrected chi connectivity index (χ1v) is 18.3. The third-order valence-electron chi connectivity index (χ3n) is 11.1. The summed E-state index contributed by atoms with van der Waals surface area (Å²) < 4.78 is 6.98. The van der Waals surface area contributed by atoms with Gasteiger partial charge in [-0.05, 0) is 84.4 Å². The number of nitrogens with zero attached hydrogens (tertiary/aromatic N) is 5. The molecule has 0 saturated carbocycles. The summed E-state index contributed by atoms with van der Waals surface area (Å²) in [7, 11) is 0. The number of rotatable bonds is 4. The minimum Gasteiger partial charge on any atom is -0.309 e. The van der Waals surface area contributed by atoms with E-state index in [1.165, 1.54) is 27.2 Å². The van der Waals surface area contributed by atoms with E-state index in [0.29, 0.717) is 11.1 Å². The Morgan fingerprint density at radius 2 is 0.836 bits per heavy atom. The summed E-state index contributed by atoms with van der Waals surface area (Å²) >= 11 is 0. The van der Waals surface area contributed by atoms with E-state index in [4.69, 9.17) is 0 Å². The second-order valence-corrected chi connectivity index (χ2v) is 14.0. The van der Waals surface area contributed by atoms with Crippen LogP contribution in [0.5, 0.6) is 0 Å². The van der Waals surface area contributed by atoms with Crippen molar-refractivity contribution in [3.05, 3.63) is 187 Å². The predicted octanol–water partition coefficient (Wildman–Crippen LogP) is 12.4. The van der Waals surface area contributed by atoms with Crippen LogP contribution in [0.1, 0.15) is 11.1 Å². The van der Waals surface area contributed by atoms with Crippen molar-refractivity contribution in [1.29, 1.82) is 10.5 Å². The van der Waals surface area contributed by atoms with Gasteiger partial charge in [-0.25, -0.2) is 0 Å². The molecule has 5 heteroatoms. The van der Waals surface area contributed by atoms with Crippen molar-refractivity contribution >= 4 is 65.4 Å². The maximum Gasteiger partial charge on any atom is 0.0992 e. The van der Waals surface area contributed by atoms with Gasteiger partial charge in [-0.3, -0.25) is 0 Å². The van der Waals surface area contributed by atoms with Crippen molar-refractivity contribution in [2.75, 3.05) is 0 Å². The van der Waals surface area contributed by atoms with E-state index >= 15 is 0 Å². The van der Waals surface area contributed by atoms with E-state index in [-0.39, 0.29) is 0 Å². The quantitative estimate of drug-likeness (QED) is 0.184. The topological polar surface area (TPSA) is 62.4 Å². The van der Waals surface area contributed by atoms with Gasteiger partial charge in [0.1, 0.15) is 0 Å². The van der Waals surface area contributed by atoms with E-state index in [1.807, 2.05) is 30.3 Å². The lowest BCUT2D eigenvalue weighted by Gasteiger charge is -2.16. The molecule has 0 bridgehead atoms. The maximum atomic E-state index is 10.1. The molecule has 55 heavy (non-hydrogen) atoms. The van der Waals surface area contributed by atoms with Gasteiger partial charge in [-0.15, -0.1) is 0 Å². The molecule has 254 valence electrons. The Labute approximate surface area is 316 Å². The SMILES string of the molecule is N#Cc1ccc(-n2c3ccccc3c3c(-n4c5ccccc5c5ccccc54)cccc32)c(-c2ccc(-n3c4ccccc4c4ccc(C#N)cc43)cc2)c1. The van der Waals surface area contributed by atoms with E-state index in [9.17, 15) is 10.5 Å². The molecular formula is C50H29N5. The minimum atomic E-state index is 0.598. The van der Waals surface area contributed by atoms with Crippen LogP contribution >= 0.6 is 0 Å². The molecule has 0 radical (unpaired) electrons.